The highest BCUT2D eigenvalue weighted by atomic mass is 35.5. The lowest BCUT2D eigenvalue weighted by atomic mass is 10.1. The number of benzene rings is 1. The first-order chi connectivity index (χ1) is 8.99. The van der Waals surface area contributed by atoms with Gasteiger partial charge in [0.1, 0.15) is 5.15 Å². The number of carbonyl (C=O) groups excluding carboxylic acids is 1. The molecule has 0 atom stereocenters. The van der Waals surface area contributed by atoms with E-state index in [1.165, 1.54) is 6.20 Å². The number of amides is 1. The first-order valence-corrected chi connectivity index (χ1v) is 6.43. The van der Waals surface area contributed by atoms with Gasteiger partial charge in [-0.15, -0.1) is 0 Å². The second kappa shape index (κ2) is 5.59. The van der Waals surface area contributed by atoms with Crippen molar-refractivity contribution in [3.8, 4) is 0 Å². The van der Waals surface area contributed by atoms with Crippen molar-refractivity contribution in [1.29, 1.82) is 0 Å². The summed E-state index contributed by atoms with van der Waals surface area (Å²) in [6.07, 6.45) is 1.52. The van der Waals surface area contributed by atoms with E-state index in [4.69, 9.17) is 23.2 Å². The molecule has 0 bridgehead atoms. The van der Waals surface area contributed by atoms with E-state index in [2.05, 4.69) is 10.3 Å². The molecule has 5 heteroatoms. The SMILES string of the molecule is Cc1cc(NC(=O)c2cccc(Cl)c2C)cnc1Cl. The molecule has 0 saturated heterocycles. The monoisotopic (exact) mass is 294 g/mol. The summed E-state index contributed by atoms with van der Waals surface area (Å²) in [6.45, 7) is 3.64. The lowest BCUT2D eigenvalue weighted by molar-refractivity contribution is 0.102. The minimum atomic E-state index is -0.219. The summed E-state index contributed by atoms with van der Waals surface area (Å²) in [5.74, 6) is -0.219. The molecule has 1 N–H and O–H groups in total. The normalized spacial score (nSPS) is 10.3. The Morgan fingerprint density at radius 2 is 2.00 bits per heavy atom. The lowest BCUT2D eigenvalue weighted by Gasteiger charge is -2.09. The van der Waals surface area contributed by atoms with Crippen LogP contribution in [-0.4, -0.2) is 10.9 Å². The van der Waals surface area contributed by atoms with Gasteiger partial charge in [-0.05, 0) is 43.2 Å². The van der Waals surface area contributed by atoms with Crippen molar-refractivity contribution in [2.75, 3.05) is 5.32 Å². The molecular weight excluding hydrogens is 283 g/mol. The standard InChI is InChI=1S/C14H12Cl2N2O/c1-8-6-10(7-17-13(8)16)18-14(19)11-4-3-5-12(15)9(11)2/h3-7H,1-2H3,(H,18,19). The maximum absolute atomic E-state index is 12.2. The summed E-state index contributed by atoms with van der Waals surface area (Å²) in [6, 6.07) is 7.00. The Balaban J connectivity index is 2.26. The van der Waals surface area contributed by atoms with Crippen LogP contribution in [0.4, 0.5) is 5.69 Å². The minimum Gasteiger partial charge on any atom is -0.321 e. The average Bonchev–Trinajstić information content (AvgIpc) is 2.37. The van der Waals surface area contributed by atoms with E-state index in [1.807, 2.05) is 13.8 Å². The van der Waals surface area contributed by atoms with Crippen LogP contribution in [0.2, 0.25) is 10.2 Å². The minimum absolute atomic E-state index is 0.219. The predicted molar refractivity (Wildman–Crippen MR) is 78.1 cm³/mol. The number of aromatic nitrogens is 1. The third-order valence-corrected chi connectivity index (χ3v) is 3.59. The molecular formula is C14H12Cl2N2O. The highest BCUT2D eigenvalue weighted by Gasteiger charge is 2.11. The van der Waals surface area contributed by atoms with Gasteiger partial charge in [-0.2, -0.15) is 0 Å². The van der Waals surface area contributed by atoms with Crippen molar-refractivity contribution in [3.05, 3.63) is 57.3 Å². The number of carbonyl (C=O) groups is 1. The Kier molecular flexibility index (Phi) is 4.08. The van der Waals surface area contributed by atoms with Crippen molar-refractivity contribution in [2.45, 2.75) is 13.8 Å². The molecule has 0 fully saturated rings. The van der Waals surface area contributed by atoms with E-state index in [1.54, 1.807) is 24.3 Å². The summed E-state index contributed by atoms with van der Waals surface area (Å²) in [5.41, 5.74) is 2.70. The number of pyridine rings is 1. The number of aryl methyl sites for hydroxylation is 1. The fourth-order valence-corrected chi connectivity index (χ4v) is 1.96. The van der Waals surface area contributed by atoms with E-state index in [-0.39, 0.29) is 5.91 Å². The van der Waals surface area contributed by atoms with Crippen LogP contribution in [0.15, 0.2) is 30.5 Å². The van der Waals surface area contributed by atoms with Gasteiger partial charge in [-0.3, -0.25) is 4.79 Å². The van der Waals surface area contributed by atoms with Gasteiger partial charge < -0.3 is 5.32 Å². The molecule has 3 nitrogen and oxygen atoms in total. The number of anilines is 1. The van der Waals surface area contributed by atoms with E-state index < -0.39 is 0 Å². The Labute approximate surface area is 121 Å². The summed E-state index contributed by atoms with van der Waals surface area (Å²) in [4.78, 5) is 16.1. The highest BCUT2D eigenvalue weighted by Crippen LogP contribution is 2.21. The van der Waals surface area contributed by atoms with Crippen LogP contribution < -0.4 is 5.32 Å². The highest BCUT2D eigenvalue weighted by molar-refractivity contribution is 6.32. The molecule has 0 unspecified atom stereocenters. The molecule has 0 spiro atoms. The van der Waals surface area contributed by atoms with Gasteiger partial charge in [-0.1, -0.05) is 29.3 Å². The molecule has 2 aromatic rings. The smallest absolute Gasteiger partial charge is 0.256 e. The molecule has 1 aromatic carbocycles. The van der Waals surface area contributed by atoms with Gasteiger partial charge in [0.2, 0.25) is 0 Å². The second-order valence-corrected chi connectivity index (χ2v) is 4.96. The summed E-state index contributed by atoms with van der Waals surface area (Å²) in [7, 11) is 0. The van der Waals surface area contributed by atoms with E-state index in [9.17, 15) is 4.79 Å². The molecule has 98 valence electrons. The number of hydrogen-bond acceptors (Lipinski definition) is 2. The molecule has 2 rings (SSSR count). The van der Waals surface area contributed by atoms with E-state index in [0.717, 1.165) is 11.1 Å². The Hall–Kier alpha value is -1.58. The average molecular weight is 295 g/mol. The third-order valence-electron chi connectivity index (χ3n) is 2.78. The van der Waals surface area contributed by atoms with Crippen LogP contribution in [0.1, 0.15) is 21.5 Å². The fraction of sp³-hybridized carbons (Fsp3) is 0.143. The zero-order valence-electron chi connectivity index (χ0n) is 10.5. The first kappa shape index (κ1) is 13.8. The number of nitrogens with one attached hydrogen (secondary N) is 1. The van der Waals surface area contributed by atoms with E-state index in [0.29, 0.717) is 21.4 Å². The molecule has 0 aliphatic heterocycles. The third kappa shape index (κ3) is 3.06. The maximum Gasteiger partial charge on any atom is 0.256 e. The second-order valence-electron chi connectivity index (χ2n) is 4.20. The number of rotatable bonds is 2. The molecule has 0 aliphatic rings. The molecule has 0 radical (unpaired) electrons. The van der Waals surface area contributed by atoms with Crippen molar-refractivity contribution in [1.82, 2.24) is 4.98 Å². The molecule has 1 amide bonds. The summed E-state index contributed by atoms with van der Waals surface area (Å²) >= 11 is 11.8. The maximum atomic E-state index is 12.2. The molecule has 19 heavy (non-hydrogen) atoms. The molecule has 1 aromatic heterocycles. The van der Waals surface area contributed by atoms with Crippen LogP contribution >= 0.6 is 23.2 Å². The lowest BCUT2D eigenvalue weighted by Crippen LogP contribution is -2.13. The van der Waals surface area contributed by atoms with Gasteiger partial charge in [0.15, 0.2) is 0 Å². The van der Waals surface area contributed by atoms with Crippen LogP contribution in [-0.2, 0) is 0 Å². The zero-order valence-corrected chi connectivity index (χ0v) is 12.0. The zero-order chi connectivity index (χ0) is 14.0. The fourth-order valence-electron chi connectivity index (χ4n) is 1.68. The van der Waals surface area contributed by atoms with Gasteiger partial charge in [0, 0.05) is 10.6 Å². The Morgan fingerprint density at radius 1 is 1.26 bits per heavy atom. The Bertz CT molecular complexity index is 641. The van der Waals surface area contributed by atoms with Gasteiger partial charge in [-0.25, -0.2) is 4.98 Å². The molecule has 1 heterocycles. The van der Waals surface area contributed by atoms with Gasteiger partial charge >= 0.3 is 0 Å². The summed E-state index contributed by atoms with van der Waals surface area (Å²) < 4.78 is 0. The number of halogens is 2. The van der Waals surface area contributed by atoms with E-state index >= 15 is 0 Å². The number of nitrogens with zero attached hydrogens (tertiary/aromatic N) is 1. The molecule has 0 aliphatic carbocycles. The van der Waals surface area contributed by atoms with Gasteiger partial charge in [0.05, 0.1) is 11.9 Å². The van der Waals surface area contributed by atoms with Crippen molar-refractivity contribution in [3.63, 3.8) is 0 Å². The van der Waals surface area contributed by atoms with Gasteiger partial charge in [0.25, 0.3) is 5.91 Å². The van der Waals surface area contributed by atoms with Crippen molar-refractivity contribution >= 4 is 34.8 Å². The summed E-state index contributed by atoms with van der Waals surface area (Å²) in [5, 5.41) is 3.77. The predicted octanol–water partition coefficient (Wildman–Crippen LogP) is 4.26. The molecule has 0 saturated carbocycles. The first-order valence-electron chi connectivity index (χ1n) is 5.67. The van der Waals surface area contributed by atoms with Crippen molar-refractivity contribution in [2.24, 2.45) is 0 Å². The largest absolute Gasteiger partial charge is 0.321 e. The van der Waals surface area contributed by atoms with Crippen LogP contribution in [0, 0.1) is 13.8 Å². The topological polar surface area (TPSA) is 42.0 Å². The quantitative estimate of drug-likeness (QED) is 0.841. The Morgan fingerprint density at radius 3 is 2.68 bits per heavy atom. The number of hydrogen-bond donors (Lipinski definition) is 1. The van der Waals surface area contributed by atoms with Crippen LogP contribution in [0.25, 0.3) is 0 Å². The van der Waals surface area contributed by atoms with Crippen LogP contribution in [0.5, 0.6) is 0 Å². The van der Waals surface area contributed by atoms with Crippen LogP contribution in [0.3, 0.4) is 0 Å². The van der Waals surface area contributed by atoms with Crippen molar-refractivity contribution < 1.29 is 4.79 Å².